The molecule has 0 unspecified atom stereocenters. The van der Waals surface area contributed by atoms with Crippen molar-refractivity contribution in [1.29, 1.82) is 0 Å². The molecule has 0 saturated carbocycles. The summed E-state index contributed by atoms with van der Waals surface area (Å²) in [5, 5.41) is 0. The minimum atomic E-state index is -0.236. The average Bonchev–Trinajstić information content (AvgIpc) is 1.97. The molecule has 0 heterocycles. The Kier molecular flexibility index (Phi) is 4.38. The van der Waals surface area contributed by atoms with Crippen LogP contribution in [0.4, 0.5) is 0 Å². The van der Waals surface area contributed by atoms with Crippen LogP contribution in [0.3, 0.4) is 0 Å². The lowest BCUT2D eigenvalue weighted by molar-refractivity contribution is 0.303. The SMILES string of the molecule is C=C(CC)C(C)(C)CC(C)(C)N=C(N)N. The molecular formula is C12H25N3. The first-order valence-electron chi connectivity index (χ1n) is 5.40. The lowest BCUT2D eigenvalue weighted by Crippen LogP contribution is -2.33. The maximum atomic E-state index is 5.41. The number of rotatable bonds is 5. The van der Waals surface area contributed by atoms with Gasteiger partial charge >= 0.3 is 0 Å². The summed E-state index contributed by atoms with van der Waals surface area (Å²) in [5.74, 6) is 0.151. The Bertz CT molecular complexity index is 258. The zero-order valence-electron chi connectivity index (χ0n) is 10.7. The predicted molar refractivity (Wildman–Crippen MR) is 67.7 cm³/mol. The van der Waals surface area contributed by atoms with Crippen molar-refractivity contribution in [3.63, 3.8) is 0 Å². The van der Waals surface area contributed by atoms with Crippen LogP contribution < -0.4 is 11.5 Å². The predicted octanol–water partition coefficient (Wildman–Crippen LogP) is 2.42. The number of hydrogen-bond acceptors (Lipinski definition) is 1. The zero-order valence-corrected chi connectivity index (χ0v) is 10.7. The molecule has 0 saturated heterocycles. The van der Waals surface area contributed by atoms with Crippen LogP contribution in [-0.2, 0) is 0 Å². The van der Waals surface area contributed by atoms with Gasteiger partial charge in [-0.05, 0) is 32.1 Å². The summed E-state index contributed by atoms with van der Waals surface area (Å²) in [5.41, 5.74) is 11.9. The van der Waals surface area contributed by atoms with E-state index in [1.54, 1.807) is 0 Å². The molecule has 0 rings (SSSR count). The van der Waals surface area contributed by atoms with E-state index in [9.17, 15) is 0 Å². The quantitative estimate of drug-likeness (QED) is 0.417. The first kappa shape index (κ1) is 14.0. The molecule has 88 valence electrons. The molecule has 4 N–H and O–H groups in total. The van der Waals surface area contributed by atoms with Crippen molar-refractivity contribution in [2.45, 2.75) is 53.0 Å². The molecule has 0 fully saturated rings. The molecule has 0 aliphatic rings. The van der Waals surface area contributed by atoms with E-state index in [1.165, 1.54) is 5.57 Å². The van der Waals surface area contributed by atoms with E-state index in [0.29, 0.717) is 0 Å². The number of hydrogen-bond donors (Lipinski definition) is 2. The smallest absolute Gasteiger partial charge is 0.186 e. The van der Waals surface area contributed by atoms with E-state index in [2.05, 4.69) is 32.3 Å². The molecule has 0 bridgehead atoms. The van der Waals surface area contributed by atoms with E-state index in [1.807, 2.05) is 13.8 Å². The lowest BCUT2D eigenvalue weighted by Gasteiger charge is -2.34. The van der Waals surface area contributed by atoms with E-state index in [-0.39, 0.29) is 16.9 Å². The highest BCUT2D eigenvalue weighted by Crippen LogP contribution is 2.37. The normalized spacial score (nSPS) is 12.3. The molecule has 0 atom stereocenters. The molecule has 0 amide bonds. The Morgan fingerprint density at radius 1 is 1.20 bits per heavy atom. The first-order valence-corrected chi connectivity index (χ1v) is 5.40. The van der Waals surface area contributed by atoms with Crippen molar-refractivity contribution in [3.8, 4) is 0 Å². The number of nitrogens with two attached hydrogens (primary N) is 2. The largest absolute Gasteiger partial charge is 0.370 e. The molecule has 3 heteroatoms. The van der Waals surface area contributed by atoms with Crippen molar-refractivity contribution in [3.05, 3.63) is 12.2 Å². The lowest BCUT2D eigenvalue weighted by atomic mass is 9.74. The first-order chi connectivity index (χ1) is 6.60. The van der Waals surface area contributed by atoms with Gasteiger partial charge < -0.3 is 11.5 Å². The van der Waals surface area contributed by atoms with E-state index in [0.717, 1.165) is 12.8 Å². The van der Waals surface area contributed by atoms with Gasteiger partial charge in [0.15, 0.2) is 5.96 Å². The topological polar surface area (TPSA) is 64.4 Å². The van der Waals surface area contributed by atoms with Gasteiger partial charge in [0.1, 0.15) is 0 Å². The number of guanidine groups is 1. The Labute approximate surface area is 93.6 Å². The van der Waals surface area contributed by atoms with Gasteiger partial charge in [-0.15, -0.1) is 0 Å². The van der Waals surface area contributed by atoms with Crippen LogP contribution in [0.2, 0.25) is 0 Å². The van der Waals surface area contributed by atoms with Gasteiger partial charge in [0.25, 0.3) is 0 Å². The van der Waals surface area contributed by atoms with Crippen LogP contribution >= 0.6 is 0 Å². The average molecular weight is 211 g/mol. The fourth-order valence-electron chi connectivity index (χ4n) is 2.07. The highest BCUT2D eigenvalue weighted by Gasteiger charge is 2.29. The van der Waals surface area contributed by atoms with Crippen LogP contribution in [0.25, 0.3) is 0 Å². The van der Waals surface area contributed by atoms with Gasteiger partial charge in [0.05, 0.1) is 5.54 Å². The van der Waals surface area contributed by atoms with Crippen LogP contribution in [-0.4, -0.2) is 11.5 Å². The molecule has 0 aromatic carbocycles. The van der Waals surface area contributed by atoms with Gasteiger partial charge in [-0.1, -0.05) is 32.9 Å². The second kappa shape index (κ2) is 4.69. The fourth-order valence-corrected chi connectivity index (χ4v) is 2.07. The summed E-state index contributed by atoms with van der Waals surface area (Å²) in [6.07, 6.45) is 1.88. The van der Waals surface area contributed by atoms with Crippen molar-refractivity contribution in [2.75, 3.05) is 0 Å². The summed E-state index contributed by atoms with van der Waals surface area (Å²) >= 11 is 0. The molecule has 3 nitrogen and oxygen atoms in total. The molecule has 0 aliphatic heterocycles. The highest BCUT2D eigenvalue weighted by molar-refractivity contribution is 5.76. The highest BCUT2D eigenvalue weighted by atomic mass is 15.0. The summed E-state index contributed by atoms with van der Waals surface area (Å²) in [7, 11) is 0. The minimum Gasteiger partial charge on any atom is -0.370 e. The molecular weight excluding hydrogens is 186 g/mol. The van der Waals surface area contributed by atoms with Gasteiger partial charge in [-0.3, -0.25) is 0 Å². The van der Waals surface area contributed by atoms with Crippen molar-refractivity contribution in [1.82, 2.24) is 0 Å². The Hall–Kier alpha value is -0.990. The number of allylic oxidation sites excluding steroid dienone is 1. The van der Waals surface area contributed by atoms with Crippen molar-refractivity contribution < 1.29 is 0 Å². The third-order valence-corrected chi connectivity index (χ3v) is 2.69. The second-order valence-electron chi connectivity index (χ2n) is 5.37. The monoisotopic (exact) mass is 211 g/mol. The van der Waals surface area contributed by atoms with Gasteiger partial charge in [0.2, 0.25) is 0 Å². The molecule has 0 spiro atoms. The third kappa shape index (κ3) is 4.86. The van der Waals surface area contributed by atoms with Crippen molar-refractivity contribution in [2.24, 2.45) is 21.9 Å². The Morgan fingerprint density at radius 3 is 2.00 bits per heavy atom. The standard InChI is InChI=1S/C12H25N3/c1-7-9(2)11(3,4)8-12(5,6)15-10(13)14/h2,7-8H2,1,3-6H3,(H4,13,14,15). The molecule has 0 aromatic rings. The van der Waals surface area contributed by atoms with Crippen LogP contribution in [0, 0.1) is 5.41 Å². The molecule has 0 aromatic heterocycles. The van der Waals surface area contributed by atoms with Crippen LogP contribution in [0.1, 0.15) is 47.5 Å². The minimum absolute atomic E-state index is 0.0667. The van der Waals surface area contributed by atoms with Crippen LogP contribution in [0.15, 0.2) is 17.1 Å². The number of nitrogens with zero attached hydrogens (tertiary/aromatic N) is 1. The van der Waals surface area contributed by atoms with E-state index >= 15 is 0 Å². The van der Waals surface area contributed by atoms with E-state index < -0.39 is 0 Å². The zero-order chi connectivity index (χ0) is 12.3. The summed E-state index contributed by atoms with van der Waals surface area (Å²) < 4.78 is 0. The van der Waals surface area contributed by atoms with Gasteiger partial charge in [0, 0.05) is 0 Å². The summed E-state index contributed by atoms with van der Waals surface area (Å²) in [4.78, 5) is 4.24. The van der Waals surface area contributed by atoms with Gasteiger partial charge in [-0.2, -0.15) is 0 Å². The molecule has 15 heavy (non-hydrogen) atoms. The third-order valence-electron chi connectivity index (χ3n) is 2.69. The summed E-state index contributed by atoms with van der Waals surface area (Å²) in [6, 6.07) is 0. The van der Waals surface area contributed by atoms with E-state index in [4.69, 9.17) is 11.5 Å². The number of aliphatic imine (C=N–C) groups is 1. The Balaban J connectivity index is 4.71. The van der Waals surface area contributed by atoms with Crippen LogP contribution in [0.5, 0.6) is 0 Å². The van der Waals surface area contributed by atoms with Gasteiger partial charge in [-0.25, -0.2) is 4.99 Å². The maximum Gasteiger partial charge on any atom is 0.186 e. The second-order valence-corrected chi connectivity index (χ2v) is 5.37. The fraction of sp³-hybridized carbons (Fsp3) is 0.750. The Morgan fingerprint density at radius 2 is 1.67 bits per heavy atom. The molecule has 0 aliphatic carbocycles. The maximum absolute atomic E-state index is 5.41. The summed E-state index contributed by atoms with van der Waals surface area (Å²) in [6.45, 7) is 14.7. The van der Waals surface area contributed by atoms with Crippen molar-refractivity contribution >= 4 is 5.96 Å². The molecule has 0 radical (unpaired) electrons.